The smallest absolute Gasteiger partial charge is 0.335 e. The normalized spacial score (nSPS) is 11.3. The van der Waals surface area contributed by atoms with Crippen LogP contribution in [0.5, 0.6) is 5.75 Å². The zero-order valence-electron chi connectivity index (χ0n) is 20.4. The van der Waals surface area contributed by atoms with Gasteiger partial charge in [0.05, 0.1) is 17.0 Å². The van der Waals surface area contributed by atoms with Gasteiger partial charge in [-0.15, -0.1) is 0 Å². The van der Waals surface area contributed by atoms with Crippen LogP contribution in [0, 0.1) is 6.92 Å². The summed E-state index contributed by atoms with van der Waals surface area (Å²) >= 11 is 0. The second kappa shape index (κ2) is 9.67. The number of aromatic carboxylic acids is 1. The monoisotopic (exact) mass is 481 g/mol. The lowest BCUT2D eigenvalue weighted by Crippen LogP contribution is -2.19. The van der Waals surface area contributed by atoms with Crippen LogP contribution in [0.2, 0.25) is 0 Å². The first kappa shape index (κ1) is 23.3. The molecule has 8 heteroatoms. The van der Waals surface area contributed by atoms with Gasteiger partial charge in [-0.25, -0.2) is 14.8 Å². The number of hydrogen-bond acceptors (Lipinski definition) is 5. The Morgan fingerprint density at radius 1 is 1.06 bits per heavy atom. The maximum Gasteiger partial charge on any atom is 0.335 e. The van der Waals surface area contributed by atoms with Gasteiger partial charge in [-0.1, -0.05) is 12.1 Å². The van der Waals surface area contributed by atoms with Crippen LogP contribution in [0.1, 0.15) is 15.9 Å². The molecule has 5 aromatic rings. The molecule has 0 unspecified atom stereocenters. The Bertz CT molecular complexity index is 1530. The third-order valence-electron chi connectivity index (χ3n) is 6.19. The van der Waals surface area contributed by atoms with E-state index in [1.165, 1.54) is 0 Å². The summed E-state index contributed by atoms with van der Waals surface area (Å²) in [6, 6.07) is 17.0. The van der Waals surface area contributed by atoms with Crippen LogP contribution in [0.25, 0.3) is 44.9 Å². The van der Waals surface area contributed by atoms with Gasteiger partial charge in [0, 0.05) is 41.0 Å². The molecule has 0 fully saturated rings. The maximum atomic E-state index is 11.8. The molecule has 0 saturated heterocycles. The molecule has 36 heavy (non-hydrogen) atoms. The van der Waals surface area contributed by atoms with Crippen LogP contribution in [-0.4, -0.2) is 63.2 Å². The van der Waals surface area contributed by atoms with Gasteiger partial charge in [0.1, 0.15) is 23.8 Å². The molecule has 0 saturated carbocycles. The molecule has 3 heterocycles. The van der Waals surface area contributed by atoms with Crippen molar-refractivity contribution < 1.29 is 14.6 Å². The van der Waals surface area contributed by atoms with Gasteiger partial charge in [0.25, 0.3) is 0 Å². The highest BCUT2D eigenvalue weighted by molar-refractivity contribution is 5.98. The fourth-order valence-corrected chi connectivity index (χ4v) is 4.26. The van der Waals surface area contributed by atoms with Gasteiger partial charge >= 0.3 is 5.97 Å². The summed E-state index contributed by atoms with van der Waals surface area (Å²) < 4.78 is 5.83. The summed E-state index contributed by atoms with van der Waals surface area (Å²) in [6.07, 6.45) is 3.59. The number of fused-ring (bicyclic) bond motifs is 1. The summed E-state index contributed by atoms with van der Waals surface area (Å²) in [5.74, 6) is 0.513. The largest absolute Gasteiger partial charge is 0.492 e. The van der Waals surface area contributed by atoms with Crippen molar-refractivity contribution in [3.63, 3.8) is 0 Å². The number of nitrogens with one attached hydrogen (secondary N) is 2. The summed E-state index contributed by atoms with van der Waals surface area (Å²) in [5, 5.41) is 10.6. The second-order valence-electron chi connectivity index (χ2n) is 8.87. The van der Waals surface area contributed by atoms with Crippen LogP contribution in [-0.2, 0) is 0 Å². The number of pyridine rings is 1. The lowest BCUT2D eigenvalue weighted by molar-refractivity contribution is 0.0696. The number of carbonyl (C=O) groups is 1. The molecule has 0 aliphatic carbocycles. The highest BCUT2D eigenvalue weighted by Crippen LogP contribution is 2.38. The van der Waals surface area contributed by atoms with Gasteiger partial charge in [0.15, 0.2) is 0 Å². The third-order valence-corrected chi connectivity index (χ3v) is 6.19. The first-order valence-corrected chi connectivity index (χ1v) is 11.7. The zero-order chi connectivity index (χ0) is 25.2. The summed E-state index contributed by atoms with van der Waals surface area (Å²) in [7, 11) is 4.02. The second-order valence-corrected chi connectivity index (χ2v) is 8.87. The third kappa shape index (κ3) is 4.46. The van der Waals surface area contributed by atoms with Crippen molar-refractivity contribution in [3.8, 4) is 39.7 Å². The fourth-order valence-electron chi connectivity index (χ4n) is 4.26. The van der Waals surface area contributed by atoms with Crippen LogP contribution in [0.4, 0.5) is 0 Å². The van der Waals surface area contributed by atoms with Crippen LogP contribution in [0.15, 0.2) is 67.0 Å². The van der Waals surface area contributed by atoms with Crippen molar-refractivity contribution in [2.75, 3.05) is 27.2 Å². The molecule has 0 spiro atoms. The number of benzene rings is 2. The molecule has 0 aliphatic heterocycles. The van der Waals surface area contributed by atoms with Gasteiger partial charge in [0.2, 0.25) is 0 Å². The van der Waals surface area contributed by atoms with Crippen LogP contribution < -0.4 is 4.74 Å². The van der Waals surface area contributed by atoms with Gasteiger partial charge in [-0.3, -0.25) is 0 Å². The minimum absolute atomic E-state index is 0.260. The van der Waals surface area contributed by atoms with E-state index in [4.69, 9.17) is 9.72 Å². The maximum absolute atomic E-state index is 11.8. The Morgan fingerprint density at radius 3 is 2.61 bits per heavy atom. The summed E-state index contributed by atoms with van der Waals surface area (Å²) in [4.78, 5) is 29.9. The number of H-pyrrole nitrogens is 2. The average Bonchev–Trinajstić information content (AvgIpc) is 3.52. The van der Waals surface area contributed by atoms with Crippen molar-refractivity contribution >= 4 is 17.0 Å². The minimum Gasteiger partial charge on any atom is -0.492 e. The van der Waals surface area contributed by atoms with E-state index >= 15 is 0 Å². The molecular weight excluding hydrogens is 454 g/mol. The van der Waals surface area contributed by atoms with Crippen molar-refractivity contribution in [1.82, 2.24) is 24.8 Å². The predicted molar refractivity (Wildman–Crippen MR) is 140 cm³/mol. The number of hydrogen-bond donors (Lipinski definition) is 3. The van der Waals surface area contributed by atoms with Gasteiger partial charge in [-0.2, -0.15) is 0 Å². The van der Waals surface area contributed by atoms with Crippen LogP contribution in [0.3, 0.4) is 0 Å². The quantitative estimate of drug-likeness (QED) is 0.280. The molecule has 2 aromatic carbocycles. The summed E-state index contributed by atoms with van der Waals surface area (Å²) in [6.45, 7) is 3.26. The molecule has 8 nitrogen and oxygen atoms in total. The highest BCUT2D eigenvalue weighted by atomic mass is 16.5. The first-order valence-electron chi connectivity index (χ1n) is 11.7. The van der Waals surface area contributed by atoms with Gasteiger partial charge in [-0.05, 0) is 69.0 Å². The highest BCUT2D eigenvalue weighted by Gasteiger charge is 2.21. The number of nitrogens with zero attached hydrogens (tertiary/aromatic N) is 3. The van der Waals surface area contributed by atoms with Crippen molar-refractivity contribution in [2.45, 2.75) is 6.92 Å². The Kier molecular flexibility index (Phi) is 6.26. The topological polar surface area (TPSA) is 107 Å². The lowest BCUT2D eigenvalue weighted by Gasteiger charge is -2.11. The van der Waals surface area contributed by atoms with E-state index in [0.717, 1.165) is 51.4 Å². The number of aromatic amines is 2. The van der Waals surface area contributed by atoms with Crippen LogP contribution >= 0.6 is 0 Å². The number of carboxylic acid groups (broad SMARTS) is 1. The van der Waals surface area contributed by atoms with Crippen molar-refractivity contribution in [1.29, 1.82) is 0 Å². The molecule has 3 aromatic heterocycles. The SMILES string of the molecule is Cc1c(C(=O)O)cccc1-c1[nH]c(-c2ccc(OCCN(C)C)cc2)nc1-c1ccnc2[nH]ccc12. The Hall–Kier alpha value is -4.43. The van der Waals surface area contributed by atoms with E-state index in [1.807, 2.05) is 69.7 Å². The molecule has 0 aliphatic rings. The Labute approximate surface area is 208 Å². The number of ether oxygens (including phenoxy) is 1. The van der Waals surface area contributed by atoms with Crippen molar-refractivity contribution in [2.24, 2.45) is 0 Å². The predicted octanol–water partition coefficient (Wildman–Crippen LogP) is 5.23. The molecule has 0 bridgehead atoms. The first-order chi connectivity index (χ1) is 17.4. The fraction of sp³-hybridized carbons (Fsp3) is 0.179. The molecule has 3 N–H and O–H groups in total. The number of carboxylic acids is 1. The van der Waals surface area contributed by atoms with E-state index in [2.05, 4.69) is 19.9 Å². The van der Waals surface area contributed by atoms with Gasteiger partial charge < -0.3 is 24.7 Å². The lowest BCUT2D eigenvalue weighted by atomic mass is 9.97. The number of rotatable bonds is 8. The molecule has 0 amide bonds. The molecule has 182 valence electrons. The summed E-state index contributed by atoms with van der Waals surface area (Å²) in [5.41, 5.74) is 5.77. The van der Waals surface area contributed by atoms with E-state index in [-0.39, 0.29) is 5.56 Å². The number of imidazole rings is 1. The van der Waals surface area contributed by atoms with E-state index in [1.54, 1.807) is 18.3 Å². The van der Waals surface area contributed by atoms with Crippen molar-refractivity contribution in [3.05, 3.63) is 78.1 Å². The Morgan fingerprint density at radius 2 is 1.86 bits per heavy atom. The zero-order valence-corrected chi connectivity index (χ0v) is 20.4. The van der Waals surface area contributed by atoms with E-state index < -0.39 is 5.97 Å². The molecule has 5 rings (SSSR count). The van der Waals surface area contributed by atoms with E-state index in [0.29, 0.717) is 18.0 Å². The number of likely N-dealkylation sites (N-methyl/N-ethyl adjacent to an activating group) is 1. The Balaban J connectivity index is 1.61. The molecule has 0 radical (unpaired) electrons. The molecular formula is C28H27N5O3. The molecule has 0 atom stereocenters. The minimum atomic E-state index is -0.961. The standard InChI is InChI=1S/C28H27N5O3/c1-17-20(5-4-6-21(17)28(34)35)24-25(22-11-13-29-27-23(22)12-14-30-27)32-26(31-24)18-7-9-19(10-8-18)36-16-15-33(2)3/h4-14H,15-16H2,1-3H3,(H,29,30)(H,31,32)(H,34,35). The average molecular weight is 482 g/mol. The van der Waals surface area contributed by atoms with E-state index in [9.17, 15) is 9.90 Å². The number of aromatic nitrogens is 4.